The van der Waals surface area contributed by atoms with Crippen LogP contribution in [0.2, 0.25) is 0 Å². The quantitative estimate of drug-likeness (QED) is 0.156. The number of anilines is 3. The van der Waals surface area contributed by atoms with Gasteiger partial charge in [0.05, 0.1) is 0 Å². The molecule has 59 heavy (non-hydrogen) atoms. The first kappa shape index (κ1) is 35.2. The van der Waals surface area contributed by atoms with E-state index in [1.165, 1.54) is 86.9 Å². The van der Waals surface area contributed by atoms with Gasteiger partial charge in [-0.2, -0.15) is 0 Å². The molecular weight excluding hydrogens is 731 g/mol. The summed E-state index contributed by atoms with van der Waals surface area (Å²) in [5.74, 6) is 0. The number of benzene rings is 9. The van der Waals surface area contributed by atoms with Crippen molar-refractivity contribution in [3.05, 3.63) is 223 Å². The molecule has 1 aromatic heterocycles. The van der Waals surface area contributed by atoms with Gasteiger partial charge in [-0.3, -0.25) is 0 Å². The number of hydrogen-bond donors (Lipinski definition) is 0. The molecule has 0 bridgehead atoms. The van der Waals surface area contributed by atoms with E-state index in [-0.39, 0.29) is 5.41 Å². The Morgan fingerprint density at radius 3 is 1.37 bits per heavy atom. The summed E-state index contributed by atoms with van der Waals surface area (Å²) in [6, 6.07) is 77.9. The lowest BCUT2D eigenvalue weighted by Gasteiger charge is -2.28. The van der Waals surface area contributed by atoms with Crippen LogP contribution in [0, 0.1) is 0 Å². The van der Waals surface area contributed by atoms with E-state index in [1.807, 2.05) is 11.3 Å². The third-order valence-electron chi connectivity index (χ3n) is 12.3. The minimum absolute atomic E-state index is 0.191. The first-order valence-electron chi connectivity index (χ1n) is 20.4. The summed E-state index contributed by atoms with van der Waals surface area (Å²) in [5.41, 5.74) is 18.4. The number of nitrogens with zero attached hydrogens (tertiary/aromatic N) is 1. The van der Waals surface area contributed by atoms with Crippen molar-refractivity contribution in [2.24, 2.45) is 0 Å². The van der Waals surface area contributed by atoms with Crippen molar-refractivity contribution in [1.29, 1.82) is 0 Å². The second kappa shape index (κ2) is 14.1. The van der Waals surface area contributed by atoms with Crippen LogP contribution in [-0.2, 0) is 5.41 Å². The molecule has 0 aliphatic heterocycles. The Labute approximate surface area is 350 Å². The molecule has 1 aliphatic carbocycles. The van der Waals surface area contributed by atoms with Gasteiger partial charge in [-0.25, -0.2) is 0 Å². The third-order valence-corrected chi connectivity index (χ3v) is 13.5. The largest absolute Gasteiger partial charge is 0.310 e. The molecule has 10 aromatic rings. The molecule has 2 heteroatoms. The first-order valence-corrected chi connectivity index (χ1v) is 21.2. The van der Waals surface area contributed by atoms with Crippen molar-refractivity contribution < 1.29 is 0 Å². The molecule has 0 atom stereocenters. The average molecular weight is 772 g/mol. The first-order chi connectivity index (χ1) is 29.0. The fourth-order valence-electron chi connectivity index (χ4n) is 9.18. The van der Waals surface area contributed by atoms with Crippen LogP contribution in [0.1, 0.15) is 25.0 Å². The van der Waals surface area contributed by atoms with Crippen LogP contribution >= 0.6 is 11.3 Å². The highest BCUT2D eigenvalue weighted by molar-refractivity contribution is 7.26. The Morgan fingerprint density at radius 1 is 0.339 bits per heavy atom. The number of rotatable bonds is 7. The summed E-state index contributed by atoms with van der Waals surface area (Å²) >= 11 is 1.90. The summed E-state index contributed by atoms with van der Waals surface area (Å²) in [5, 5.41) is 2.67. The van der Waals surface area contributed by atoms with Crippen molar-refractivity contribution in [2.45, 2.75) is 19.3 Å². The smallest absolute Gasteiger partial charge is 0.0465 e. The Bertz CT molecular complexity index is 3140. The maximum atomic E-state index is 2.46. The second-order valence-corrected chi connectivity index (χ2v) is 17.2. The standard InChI is InChI=1S/C57H41NS/c1-57(2)53-36-44(48-17-11-18-52-51-16-9-10-19-55(51)59-56(48)52)28-34-49(53)50-35-33-47(37-54(50)57)58(45-29-24-42(25-30-45)39-14-7-4-8-15-39)46-31-26-43(27-32-46)41-22-20-40(21-23-41)38-12-5-3-6-13-38/h3-37H,1-2H3. The van der Waals surface area contributed by atoms with E-state index in [2.05, 4.69) is 231 Å². The van der Waals surface area contributed by atoms with Gasteiger partial charge >= 0.3 is 0 Å². The molecule has 1 heterocycles. The van der Waals surface area contributed by atoms with E-state index in [4.69, 9.17) is 0 Å². The van der Waals surface area contributed by atoms with Gasteiger partial charge in [-0.1, -0.05) is 178 Å². The molecule has 0 saturated carbocycles. The van der Waals surface area contributed by atoms with Gasteiger partial charge in [0.25, 0.3) is 0 Å². The summed E-state index contributed by atoms with van der Waals surface area (Å²) in [6.45, 7) is 4.78. The lowest BCUT2D eigenvalue weighted by Crippen LogP contribution is -2.16. The molecule has 0 unspecified atom stereocenters. The number of hydrogen-bond acceptors (Lipinski definition) is 2. The van der Waals surface area contributed by atoms with E-state index in [0.717, 1.165) is 17.1 Å². The van der Waals surface area contributed by atoms with E-state index < -0.39 is 0 Å². The molecule has 0 saturated heterocycles. The predicted molar refractivity (Wildman–Crippen MR) is 253 cm³/mol. The zero-order chi connectivity index (χ0) is 39.5. The SMILES string of the molecule is CC1(C)c2cc(-c3cccc4c3sc3ccccc34)ccc2-c2ccc(N(c3ccc(-c4ccccc4)cc3)c3ccc(-c4ccc(-c5ccccc5)cc4)cc3)cc21. The van der Waals surface area contributed by atoms with E-state index >= 15 is 0 Å². The molecule has 11 rings (SSSR count). The monoisotopic (exact) mass is 771 g/mol. The van der Waals surface area contributed by atoms with E-state index in [9.17, 15) is 0 Å². The van der Waals surface area contributed by atoms with Gasteiger partial charge in [0, 0.05) is 42.6 Å². The van der Waals surface area contributed by atoms with Gasteiger partial charge in [-0.15, -0.1) is 11.3 Å². The van der Waals surface area contributed by atoms with Crippen LogP contribution in [0.5, 0.6) is 0 Å². The Morgan fingerprint density at radius 2 is 0.780 bits per heavy atom. The fourth-order valence-corrected chi connectivity index (χ4v) is 10.4. The zero-order valence-electron chi connectivity index (χ0n) is 33.1. The second-order valence-electron chi connectivity index (χ2n) is 16.1. The van der Waals surface area contributed by atoms with Crippen LogP contribution in [-0.4, -0.2) is 0 Å². The number of thiophene rings is 1. The normalized spacial score (nSPS) is 12.7. The van der Waals surface area contributed by atoms with Crippen LogP contribution in [0.4, 0.5) is 17.1 Å². The maximum absolute atomic E-state index is 2.46. The lowest BCUT2D eigenvalue weighted by atomic mass is 9.81. The van der Waals surface area contributed by atoms with E-state index in [0.29, 0.717) is 0 Å². The van der Waals surface area contributed by atoms with Crippen LogP contribution in [0.15, 0.2) is 212 Å². The molecule has 280 valence electrons. The van der Waals surface area contributed by atoms with Crippen LogP contribution in [0.3, 0.4) is 0 Å². The molecule has 9 aromatic carbocycles. The molecule has 1 aliphatic rings. The summed E-state index contributed by atoms with van der Waals surface area (Å²) in [4.78, 5) is 2.41. The maximum Gasteiger partial charge on any atom is 0.0465 e. The van der Waals surface area contributed by atoms with Gasteiger partial charge in [0.2, 0.25) is 0 Å². The Balaban J connectivity index is 0.972. The van der Waals surface area contributed by atoms with Crippen molar-refractivity contribution in [1.82, 2.24) is 0 Å². The predicted octanol–water partition coefficient (Wildman–Crippen LogP) is 16.5. The molecule has 1 nitrogen and oxygen atoms in total. The van der Waals surface area contributed by atoms with Crippen molar-refractivity contribution in [2.75, 3.05) is 4.90 Å². The summed E-state index contributed by atoms with van der Waals surface area (Å²) in [6.07, 6.45) is 0. The van der Waals surface area contributed by atoms with Gasteiger partial charge in [0.15, 0.2) is 0 Å². The minimum Gasteiger partial charge on any atom is -0.310 e. The molecular formula is C57H41NS. The van der Waals surface area contributed by atoms with Crippen LogP contribution < -0.4 is 4.90 Å². The molecule has 0 N–H and O–H groups in total. The van der Waals surface area contributed by atoms with Crippen LogP contribution in [0.25, 0.3) is 75.8 Å². The molecule has 0 fully saturated rings. The number of fused-ring (bicyclic) bond motifs is 6. The Kier molecular flexibility index (Phi) is 8.43. The summed E-state index contributed by atoms with van der Waals surface area (Å²) in [7, 11) is 0. The zero-order valence-corrected chi connectivity index (χ0v) is 33.9. The minimum atomic E-state index is -0.191. The average Bonchev–Trinajstić information content (AvgIpc) is 3.79. The highest BCUT2D eigenvalue weighted by Gasteiger charge is 2.36. The fraction of sp³-hybridized carbons (Fsp3) is 0.0526. The topological polar surface area (TPSA) is 3.24 Å². The highest BCUT2D eigenvalue weighted by atomic mass is 32.1. The summed E-state index contributed by atoms with van der Waals surface area (Å²) < 4.78 is 2.69. The van der Waals surface area contributed by atoms with E-state index in [1.54, 1.807) is 0 Å². The van der Waals surface area contributed by atoms with Crippen molar-refractivity contribution in [3.63, 3.8) is 0 Å². The lowest BCUT2D eigenvalue weighted by molar-refractivity contribution is 0.660. The molecule has 0 radical (unpaired) electrons. The third kappa shape index (κ3) is 6.07. The van der Waals surface area contributed by atoms with Crippen molar-refractivity contribution in [3.8, 4) is 55.6 Å². The molecule has 0 spiro atoms. The van der Waals surface area contributed by atoms with Gasteiger partial charge in [0.1, 0.15) is 0 Å². The van der Waals surface area contributed by atoms with Gasteiger partial charge < -0.3 is 4.90 Å². The Hall–Kier alpha value is -7.00. The van der Waals surface area contributed by atoms with Gasteiger partial charge in [-0.05, 0) is 115 Å². The highest BCUT2D eigenvalue weighted by Crippen LogP contribution is 2.52. The van der Waals surface area contributed by atoms with Crippen molar-refractivity contribution >= 4 is 48.6 Å². The molecule has 0 amide bonds.